The van der Waals surface area contributed by atoms with Gasteiger partial charge in [0.25, 0.3) is 11.5 Å². The smallest absolute Gasteiger partial charge is 0.299 e. The molecule has 0 unspecified atom stereocenters. The number of rotatable bonds is 6. The molecule has 0 spiro atoms. The van der Waals surface area contributed by atoms with Gasteiger partial charge in [0.1, 0.15) is 11.6 Å². The van der Waals surface area contributed by atoms with Gasteiger partial charge < -0.3 is 15.0 Å². The highest BCUT2D eigenvalue weighted by Gasteiger charge is 2.19. The average molecular weight is 485 g/mol. The second kappa shape index (κ2) is 10.4. The summed E-state index contributed by atoms with van der Waals surface area (Å²) in [5.41, 5.74) is 1.31. The van der Waals surface area contributed by atoms with Gasteiger partial charge >= 0.3 is 0 Å². The zero-order chi connectivity index (χ0) is 24.9. The summed E-state index contributed by atoms with van der Waals surface area (Å²) in [7, 11) is 0. The molecule has 1 saturated heterocycles. The van der Waals surface area contributed by atoms with E-state index in [1.165, 1.54) is 35.1 Å². The Balaban J connectivity index is 1.46. The number of amides is 1. The van der Waals surface area contributed by atoms with Crippen molar-refractivity contribution in [2.24, 2.45) is 0 Å². The predicted molar refractivity (Wildman–Crippen MR) is 136 cm³/mol. The van der Waals surface area contributed by atoms with Crippen LogP contribution in [-0.2, 0) is 0 Å². The van der Waals surface area contributed by atoms with Crippen LogP contribution in [0.25, 0.3) is 5.69 Å². The van der Waals surface area contributed by atoms with Crippen LogP contribution in [0.4, 0.5) is 15.8 Å². The van der Waals surface area contributed by atoms with Gasteiger partial charge in [-0.1, -0.05) is 18.2 Å². The first kappa shape index (κ1) is 23.3. The predicted octanol–water partition coefficient (Wildman–Crippen LogP) is 5.53. The normalized spacial score (nSPS) is 13.3. The highest BCUT2D eigenvalue weighted by atomic mass is 19.1. The molecular weight excluding hydrogens is 459 g/mol. The Morgan fingerprint density at radius 1 is 0.889 bits per heavy atom. The minimum absolute atomic E-state index is 0.0110. The number of para-hydroxylation sites is 1. The number of aromatic nitrogens is 2. The summed E-state index contributed by atoms with van der Waals surface area (Å²) >= 11 is 0. The number of halogens is 1. The molecule has 0 bridgehead atoms. The molecule has 1 fully saturated rings. The molecule has 1 aromatic heterocycles. The zero-order valence-corrected chi connectivity index (χ0v) is 19.6. The minimum atomic E-state index is -0.469. The fourth-order valence-electron chi connectivity index (χ4n) is 4.13. The third-order valence-electron chi connectivity index (χ3n) is 6.03. The highest BCUT2D eigenvalue weighted by Crippen LogP contribution is 2.29. The number of nitrogens with zero attached hydrogens (tertiary/aromatic N) is 3. The number of hydrogen-bond donors (Lipinski definition) is 1. The third-order valence-corrected chi connectivity index (χ3v) is 6.03. The third kappa shape index (κ3) is 5.12. The molecule has 5 rings (SSSR count). The maximum absolute atomic E-state index is 13.5. The minimum Gasteiger partial charge on any atom is -0.453 e. The fourth-order valence-corrected chi connectivity index (χ4v) is 4.13. The summed E-state index contributed by atoms with van der Waals surface area (Å²) in [5, 5.41) is 7.36. The molecule has 1 aliphatic heterocycles. The van der Waals surface area contributed by atoms with E-state index in [4.69, 9.17) is 4.74 Å². The van der Waals surface area contributed by atoms with E-state index in [-0.39, 0.29) is 17.3 Å². The molecule has 7 nitrogen and oxygen atoms in total. The molecule has 1 amide bonds. The Kier molecular flexibility index (Phi) is 6.75. The lowest BCUT2D eigenvalue weighted by atomic mass is 10.1. The number of hydrogen-bond acceptors (Lipinski definition) is 5. The topological polar surface area (TPSA) is 76.5 Å². The van der Waals surface area contributed by atoms with Gasteiger partial charge in [-0.3, -0.25) is 9.59 Å². The number of likely N-dealkylation sites (tertiary alicyclic amines) is 1. The summed E-state index contributed by atoms with van der Waals surface area (Å²) in [6.45, 7) is 1.55. The number of ether oxygens (including phenoxy) is 1. The number of carbonyl (C=O) groups excluding carboxylic acids is 1. The van der Waals surface area contributed by atoms with E-state index in [0.717, 1.165) is 32.4 Å². The highest BCUT2D eigenvalue weighted by molar-refractivity contribution is 5.94. The van der Waals surface area contributed by atoms with Gasteiger partial charge in [0.05, 0.1) is 11.9 Å². The van der Waals surface area contributed by atoms with Crippen molar-refractivity contribution >= 4 is 17.3 Å². The van der Waals surface area contributed by atoms with Crippen LogP contribution in [0.5, 0.6) is 11.5 Å². The van der Waals surface area contributed by atoms with Crippen LogP contribution < -0.4 is 15.6 Å². The lowest BCUT2D eigenvalue weighted by Gasteiger charge is -2.26. The summed E-state index contributed by atoms with van der Waals surface area (Å²) in [6, 6.07) is 21.6. The lowest BCUT2D eigenvalue weighted by molar-refractivity contribution is 0.0724. The second-order valence-electron chi connectivity index (χ2n) is 8.55. The van der Waals surface area contributed by atoms with E-state index < -0.39 is 11.4 Å². The summed E-state index contributed by atoms with van der Waals surface area (Å²) in [5.74, 6) is 0.382. The Morgan fingerprint density at radius 2 is 1.58 bits per heavy atom. The van der Waals surface area contributed by atoms with Crippen molar-refractivity contribution in [2.45, 2.75) is 19.3 Å². The molecule has 3 aromatic carbocycles. The number of anilines is 2. The van der Waals surface area contributed by atoms with Crippen LogP contribution in [0.1, 0.15) is 29.6 Å². The fraction of sp³-hybridized carbons (Fsp3) is 0.179. The van der Waals surface area contributed by atoms with Gasteiger partial charge in [-0.05, 0) is 79.9 Å². The molecule has 0 radical (unpaired) electrons. The summed E-state index contributed by atoms with van der Waals surface area (Å²) in [6.07, 6.45) is 4.64. The summed E-state index contributed by atoms with van der Waals surface area (Å²) < 4.78 is 20.5. The Morgan fingerprint density at radius 3 is 2.28 bits per heavy atom. The van der Waals surface area contributed by atoms with Crippen LogP contribution >= 0.6 is 0 Å². The molecular formula is C28H25FN4O3. The van der Waals surface area contributed by atoms with E-state index in [0.29, 0.717) is 22.7 Å². The molecule has 1 aliphatic rings. The molecule has 36 heavy (non-hydrogen) atoms. The number of benzene rings is 3. The van der Waals surface area contributed by atoms with E-state index in [9.17, 15) is 14.0 Å². The van der Waals surface area contributed by atoms with Gasteiger partial charge in [0, 0.05) is 24.3 Å². The van der Waals surface area contributed by atoms with Gasteiger partial charge in [0.2, 0.25) is 0 Å². The standard InChI is InChI=1S/C28H25FN4O3/c29-21-11-15-23(16-12-21)33-28(35)26(25(19-30-33)36-24-7-3-1-4-8-24)31-22-13-9-20(10-14-22)27(34)32-17-5-2-6-18-32/h1,3-4,7-16,19,31H,2,5-6,17-18H2. The van der Waals surface area contributed by atoms with Crippen LogP contribution in [-0.4, -0.2) is 33.7 Å². The average Bonchev–Trinajstić information content (AvgIpc) is 2.92. The molecule has 4 aromatic rings. The van der Waals surface area contributed by atoms with E-state index >= 15 is 0 Å². The number of nitrogens with one attached hydrogen (secondary N) is 1. The van der Waals surface area contributed by atoms with Gasteiger partial charge in [-0.2, -0.15) is 9.78 Å². The Labute approximate surface area is 207 Å². The van der Waals surface area contributed by atoms with Crippen molar-refractivity contribution < 1.29 is 13.9 Å². The largest absolute Gasteiger partial charge is 0.453 e. The van der Waals surface area contributed by atoms with Crippen LogP contribution in [0.2, 0.25) is 0 Å². The van der Waals surface area contributed by atoms with Crippen molar-refractivity contribution in [2.75, 3.05) is 18.4 Å². The molecule has 8 heteroatoms. The Bertz CT molecular complexity index is 1400. The first-order chi connectivity index (χ1) is 17.6. The molecule has 182 valence electrons. The maximum Gasteiger partial charge on any atom is 0.299 e. The van der Waals surface area contributed by atoms with Crippen LogP contribution in [0, 0.1) is 5.82 Å². The van der Waals surface area contributed by atoms with E-state index in [2.05, 4.69) is 10.4 Å². The van der Waals surface area contributed by atoms with Crippen molar-refractivity contribution in [1.82, 2.24) is 14.7 Å². The maximum atomic E-state index is 13.5. The van der Waals surface area contributed by atoms with Gasteiger partial charge in [0.15, 0.2) is 11.4 Å². The van der Waals surface area contributed by atoms with E-state index in [1.54, 1.807) is 36.4 Å². The van der Waals surface area contributed by atoms with E-state index in [1.807, 2.05) is 23.1 Å². The number of carbonyl (C=O) groups is 1. The lowest BCUT2D eigenvalue weighted by Crippen LogP contribution is -2.35. The van der Waals surface area contributed by atoms with Crippen molar-refractivity contribution in [3.05, 3.63) is 107 Å². The quantitative estimate of drug-likeness (QED) is 0.389. The molecule has 0 atom stereocenters. The van der Waals surface area contributed by atoms with Gasteiger partial charge in [-0.25, -0.2) is 4.39 Å². The first-order valence-corrected chi connectivity index (χ1v) is 11.9. The number of piperidine rings is 1. The zero-order valence-electron chi connectivity index (χ0n) is 19.6. The molecule has 1 N–H and O–H groups in total. The first-order valence-electron chi connectivity index (χ1n) is 11.9. The molecule has 0 saturated carbocycles. The van der Waals surface area contributed by atoms with Gasteiger partial charge in [-0.15, -0.1) is 0 Å². The molecule has 0 aliphatic carbocycles. The molecule has 2 heterocycles. The van der Waals surface area contributed by atoms with Crippen LogP contribution in [0.15, 0.2) is 89.9 Å². The van der Waals surface area contributed by atoms with Crippen molar-refractivity contribution in [3.8, 4) is 17.2 Å². The SMILES string of the molecule is O=C(c1ccc(Nc2c(Oc3ccccc3)cnn(-c3ccc(F)cc3)c2=O)cc1)N1CCCCC1. The van der Waals surface area contributed by atoms with Crippen molar-refractivity contribution in [1.29, 1.82) is 0 Å². The van der Waals surface area contributed by atoms with Crippen LogP contribution in [0.3, 0.4) is 0 Å². The van der Waals surface area contributed by atoms with Crippen molar-refractivity contribution in [3.63, 3.8) is 0 Å². The Hall–Kier alpha value is -4.46. The second-order valence-corrected chi connectivity index (χ2v) is 8.55. The monoisotopic (exact) mass is 484 g/mol. The summed E-state index contributed by atoms with van der Waals surface area (Å²) in [4.78, 5) is 28.1.